The van der Waals surface area contributed by atoms with Crippen LogP contribution in [0.1, 0.15) is 18.4 Å². The second-order valence-corrected chi connectivity index (χ2v) is 7.29. The van der Waals surface area contributed by atoms with E-state index in [4.69, 9.17) is 4.74 Å². The van der Waals surface area contributed by atoms with E-state index in [0.29, 0.717) is 26.3 Å². The quantitative estimate of drug-likeness (QED) is 0.810. The van der Waals surface area contributed by atoms with Crippen LogP contribution in [0.3, 0.4) is 0 Å². The number of rotatable bonds is 2. The molecule has 1 amide bonds. The van der Waals surface area contributed by atoms with Crippen LogP contribution in [0.15, 0.2) is 23.1 Å². The number of hydrogen-bond donors (Lipinski definition) is 0. The summed E-state index contributed by atoms with van der Waals surface area (Å²) < 4.78 is 31.9. The van der Waals surface area contributed by atoms with Gasteiger partial charge in [0.05, 0.1) is 24.0 Å². The van der Waals surface area contributed by atoms with Crippen molar-refractivity contribution in [2.45, 2.75) is 17.7 Å². The van der Waals surface area contributed by atoms with Crippen molar-refractivity contribution in [3.8, 4) is 0 Å². The molecule has 114 valence electrons. The van der Waals surface area contributed by atoms with Crippen molar-refractivity contribution >= 4 is 21.6 Å². The number of carbonyl (C=O) groups is 1. The van der Waals surface area contributed by atoms with Crippen LogP contribution in [-0.4, -0.2) is 52.0 Å². The molecular weight excluding hydrogens is 292 g/mol. The summed E-state index contributed by atoms with van der Waals surface area (Å²) in [6, 6.07) is 4.92. The zero-order chi connectivity index (χ0) is 15.2. The number of likely N-dealkylation sites (N-methyl/N-ethyl adjacent to an activating group) is 1. The Morgan fingerprint density at radius 2 is 1.90 bits per heavy atom. The van der Waals surface area contributed by atoms with Crippen molar-refractivity contribution in [2.24, 2.45) is 0 Å². The molecule has 0 aromatic heterocycles. The van der Waals surface area contributed by atoms with E-state index in [2.05, 4.69) is 0 Å². The van der Waals surface area contributed by atoms with E-state index in [-0.39, 0.29) is 16.7 Å². The molecule has 1 atom stereocenters. The molecule has 1 saturated heterocycles. The zero-order valence-electron chi connectivity index (χ0n) is 12.1. The summed E-state index contributed by atoms with van der Waals surface area (Å²) in [6.07, 6.45) is 0. The SMILES string of the molecule is C[C@@H]1C(=O)N(C)c2ccc(S(=O)(=O)N3CCOCC3)cc21. The number of ether oxygens (including phenoxy) is 1. The smallest absolute Gasteiger partial charge is 0.243 e. The Morgan fingerprint density at radius 3 is 2.57 bits per heavy atom. The van der Waals surface area contributed by atoms with E-state index in [1.165, 1.54) is 4.31 Å². The van der Waals surface area contributed by atoms with Gasteiger partial charge in [-0.2, -0.15) is 4.31 Å². The molecule has 2 aliphatic heterocycles. The number of hydrogen-bond acceptors (Lipinski definition) is 4. The number of morpholine rings is 1. The van der Waals surface area contributed by atoms with Crippen molar-refractivity contribution in [2.75, 3.05) is 38.3 Å². The van der Waals surface area contributed by atoms with Gasteiger partial charge in [0.15, 0.2) is 0 Å². The third-order valence-corrected chi connectivity index (χ3v) is 6.03. The molecule has 0 radical (unpaired) electrons. The number of amides is 1. The van der Waals surface area contributed by atoms with E-state index in [0.717, 1.165) is 11.3 Å². The Kier molecular flexibility index (Phi) is 3.51. The van der Waals surface area contributed by atoms with Crippen LogP contribution in [0.2, 0.25) is 0 Å². The highest BCUT2D eigenvalue weighted by atomic mass is 32.2. The molecule has 1 aromatic rings. The molecule has 0 aliphatic carbocycles. The van der Waals surface area contributed by atoms with Gasteiger partial charge in [-0.25, -0.2) is 8.42 Å². The Hall–Kier alpha value is -1.44. The fourth-order valence-electron chi connectivity index (χ4n) is 2.82. The van der Waals surface area contributed by atoms with Gasteiger partial charge in [-0.1, -0.05) is 0 Å². The van der Waals surface area contributed by atoms with E-state index < -0.39 is 10.0 Å². The van der Waals surface area contributed by atoms with Crippen molar-refractivity contribution in [1.82, 2.24) is 4.31 Å². The van der Waals surface area contributed by atoms with Gasteiger partial charge >= 0.3 is 0 Å². The summed E-state index contributed by atoms with van der Waals surface area (Å²) in [7, 11) is -1.81. The zero-order valence-corrected chi connectivity index (χ0v) is 12.9. The van der Waals surface area contributed by atoms with Crippen molar-refractivity contribution < 1.29 is 17.9 Å². The number of benzene rings is 1. The molecule has 0 saturated carbocycles. The van der Waals surface area contributed by atoms with Crippen molar-refractivity contribution in [3.05, 3.63) is 23.8 Å². The summed E-state index contributed by atoms with van der Waals surface area (Å²) in [5.41, 5.74) is 1.56. The molecule has 2 heterocycles. The first-order valence-electron chi connectivity index (χ1n) is 6.92. The molecule has 21 heavy (non-hydrogen) atoms. The Labute approximate surface area is 124 Å². The van der Waals surface area contributed by atoms with Gasteiger partial charge in [0, 0.05) is 25.8 Å². The van der Waals surface area contributed by atoms with Crippen LogP contribution in [0.25, 0.3) is 0 Å². The van der Waals surface area contributed by atoms with E-state index >= 15 is 0 Å². The Balaban J connectivity index is 2.00. The lowest BCUT2D eigenvalue weighted by Gasteiger charge is -2.26. The largest absolute Gasteiger partial charge is 0.379 e. The number of carbonyl (C=O) groups excluding carboxylic acids is 1. The molecule has 2 aliphatic rings. The maximum absolute atomic E-state index is 12.6. The molecule has 0 spiro atoms. The maximum Gasteiger partial charge on any atom is 0.243 e. The van der Waals surface area contributed by atoms with Gasteiger partial charge in [-0.15, -0.1) is 0 Å². The number of nitrogens with zero attached hydrogens (tertiary/aromatic N) is 2. The summed E-state index contributed by atoms with van der Waals surface area (Å²) >= 11 is 0. The third kappa shape index (κ3) is 2.25. The summed E-state index contributed by atoms with van der Waals surface area (Å²) in [5.74, 6) is -0.309. The number of fused-ring (bicyclic) bond motifs is 1. The van der Waals surface area contributed by atoms with Crippen LogP contribution in [0.4, 0.5) is 5.69 Å². The first-order chi connectivity index (χ1) is 9.93. The third-order valence-electron chi connectivity index (χ3n) is 4.14. The van der Waals surface area contributed by atoms with Crippen LogP contribution in [-0.2, 0) is 19.6 Å². The summed E-state index contributed by atoms with van der Waals surface area (Å²) in [6.45, 7) is 3.38. The van der Waals surface area contributed by atoms with Gasteiger partial charge in [0.1, 0.15) is 0 Å². The van der Waals surface area contributed by atoms with Gasteiger partial charge in [0.2, 0.25) is 15.9 Å². The predicted molar refractivity (Wildman–Crippen MR) is 77.8 cm³/mol. The monoisotopic (exact) mass is 310 g/mol. The fourth-order valence-corrected chi connectivity index (χ4v) is 4.27. The lowest BCUT2D eigenvalue weighted by Crippen LogP contribution is -2.40. The molecule has 6 nitrogen and oxygen atoms in total. The lowest BCUT2D eigenvalue weighted by molar-refractivity contribution is -0.118. The van der Waals surface area contributed by atoms with Gasteiger partial charge in [-0.3, -0.25) is 4.79 Å². The van der Waals surface area contributed by atoms with E-state index in [9.17, 15) is 13.2 Å². The Morgan fingerprint density at radius 1 is 1.24 bits per heavy atom. The molecule has 1 fully saturated rings. The Bertz CT molecular complexity index is 680. The van der Waals surface area contributed by atoms with Gasteiger partial charge < -0.3 is 9.64 Å². The molecule has 0 unspecified atom stereocenters. The standard InChI is InChI=1S/C14H18N2O4S/c1-10-12-9-11(3-4-13(12)15(2)14(10)17)21(18,19)16-5-7-20-8-6-16/h3-4,9-10H,5-8H2,1-2H3/t10-/m0/s1. The number of sulfonamides is 1. The highest BCUT2D eigenvalue weighted by Gasteiger charge is 2.34. The van der Waals surface area contributed by atoms with Crippen LogP contribution >= 0.6 is 0 Å². The topological polar surface area (TPSA) is 66.9 Å². The van der Waals surface area contributed by atoms with Crippen LogP contribution in [0.5, 0.6) is 0 Å². The predicted octanol–water partition coefficient (Wildman–Crippen LogP) is 0.787. The van der Waals surface area contributed by atoms with Crippen LogP contribution in [0, 0.1) is 0 Å². The van der Waals surface area contributed by atoms with Crippen LogP contribution < -0.4 is 4.90 Å². The molecule has 7 heteroatoms. The second-order valence-electron chi connectivity index (χ2n) is 5.36. The average Bonchev–Trinajstić information content (AvgIpc) is 2.72. The van der Waals surface area contributed by atoms with Crippen molar-refractivity contribution in [1.29, 1.82) is 0 Å². The van der Waals surface area contributed by atoms with Gasteiger partial charge in [0.25, 0.3) is 0 Å². The average molecular weight is 310 g/mol. The maximum atomic E-state index is 12.6. The lowest BCUT2D eigenvalue weighted by atomic mass is 10.0. The van der Waals surface area contributed by atoms with E-state index in [1.807, 2.05) is 0 Å². The highest BCUT2D eigenvalue weighted by Crippen LogP contribution is 2.37. The first-order valence-corrected chi connectivity index (χ1v) is 8.36. The molecule has 3 rings (SSSR count). The molecular formula is C14H18N2O4S. The molecule has 1 aromatic carbocycles. The first kappa shape index (κ1) is 14.5. The minimum Gasteiger partial charge on any atom is -0.379 e. The van der Waals surface area contributed by atoms with E-state index in [1.54, 1.807) is 37.1 Å². The number of anilines is 1. The summed E-state index contributed by atoms with van der Waals surface area (Å²) in [4.78, 5) is 13.8. The van der Waals surface area contributed by atoms with Crippen molar-refractivity contribution in [3.63, 3.8) is 0 Å². The highest BCUT2D eigenvalue weighted by molar-refractivity contribution is 7.89. The molecule has 0 N–H and O–H groups in total. The second kappa shape index (κ2) is 5.08. The molecule has 0 bridgehead atoms. The minimum absolute atomic E-state index is 0.00841. The fraction of sp³-hybridized carbons (Fsp3) is 0.500. The minimum atomic E-state index is -3.52. The summed E-state index contributed by atoms with van der Waals surface area (Å²) in [5, 5.41) is 0. The normalized spacial score (nSPS) is 23.4. The van der Waals surface area contributed by atoms with Gasteiger partial charge in [-0.05, 0) is 30.7 Å².